The van der Waals surface area contributed by atoms with Gasteiger partial charge < -0.3 is 0 Å². The summed E-state index contributed by atoms with van der Waals surface area (Å²) in [5, 5.41) is 1.22. The number of aliphatic imine (C=N–C) groups is 1. The molecule has 1 aliphatic rings. The molecule has 0 fully saturated rings. The Kier molecular flexibility index (Phi) is 1.63. The van der Waals surface area contributed by atoms with Gasteiger partial charge in [0.25, 0.3) is 0 Å². The molecule has 0 unspecified atom stereocenters. The van der Waals surface area contributed by atoms with Crippen LogP contribution in [0.25, 0.3) is 0 Å². The fourth-order valence-electron chi connectivity index (χ4n) is 1.05. The van der Waals surface area contributed by atoms with Gasteiger partial charge >= 0.3 is 0 Å². The van der Waals surface area contributed by atoms with E-state index in [1.54, 1.807) is 0 Å². The van der Waals surface area contributed by atoms with Crippen molar-refractivity contribution in [2.24, 2.45) is 4.99 Å². The minimum atomic E-state index is 0.113. The van der Waals surface area contributed by atoms with Crippen molar-refractivity contribution in [3.05, 3.63) is 0 Å². The SMILES string of the molecule is CC1=NC(C)(C)C(C)(C)S1. The van der Waals surface area contributed by atoms with E-state index in [1.165, 1.54) is 5.04 Å². The maximum Gasteiger partial charge on any atom is 0.0706 e. The molecule has 0 bridgehead atoms. The second-order valence-corrected chi connectivity index (χ2v) is 5.62. The van der Waals surface area contributed by atoms with Crippen LogP contribution in [0.15, 0.2) is 4.99 Å². The van der Waals surface area contributed by atoms with Gasteiger partial charge in [-0.1, -0.05) is 0 Å². The molecule has 0 radical (unpaired) electrons. The van der Waals surface area contributed by atoms with E-state index in [1.807, 2.05) is 11.8 Å². The zero-order valence-corrected chi connectivity index (χ0v) is 8.17. The Morgan fingerprint density at radius 2 is 1.70 bits per heavy atom. The van der Waals surface area contributed by atoms with Crippen LogP contribution in [0, 0.1) is 0 Å². The second-order valence-electron chi connectivity index (χ2n) is 3.80. The standard InChI is InChI=1S/C8H15NS/c1-6-9-7(2,3)8(4,5)10-6/h1-5H3. The lowest BCUT2D eigenvalue weighted by atomic mass is 9.91. The van der Waals surface area contributed by atoms with E-state index in [9.17, 15) is 0 Å². The molecular formula is C8H15NS. The van der Waals surface area contributed by atoms with Crippen LogP contribution >= 0.6 is 11.8 Å². The van der Waals surface area contributed by atoms with Gasteiger partial charge in [0.2, 0.25) is 0 Å². The number of thioether (sulfide) groups is 1. The molecule has 1 nitrogen and oxygen atoms in total. The fourth-order valence-corrected chi connectivity index (χ4v) is 2.35. The summed E-state index contributed by atoms with van der Waals surface area (Å²) in [6.07, 6.45) is 0. The van der Waals surface area contributed by atoms with E-state index in [2.05, 4.69) is 39.6 Å². The predicted molar refractivity (Wildman–Crippen MR) is 48.9 cm³/mol. The van der Waals surface area contributed by atoms with Crippen LogP contribution in [0.2, 0.25) is 0 Å². The van der Waals surface area contributed by atoms with Crippen molar-refractivity contribution >= 4 is 16.8 Å². The van der Waals surface area contributed by atoms with Crippen LogP contribution in [-0.4, -0.2) is 15.3 Å². The smallest absolute Gasteiger partial charge is 0.0706 e. The molecule has 0 N–H and O–H groups in total. The third kappa shape index (κ3) is 1.09. The Morgan fingerprint density at radius 1 is 1.20 bits per heavy atom. The number of rotatable bonds is 0. The Labute approximate surface area is 67.3 Å². The monoisotopic (exact) mass is 157 g/mol. The van der Waals surface area contributed by atoms with Gasteiger partial charge in [0.1, 0.15) is 0 Å². The van der Waals surface area contributed by atoms with Gasteiger partial charge in [0.05, 0.1) is 10.6 Å². The lowest BCUT2D eigenvalue weighted by Gasteiger charge is -2.31. The van der Waals surface area contributed by atoms with E-state index in [0.717, 1.165) is 0 Å². The maximum absolute atomic E-state index is 4.55. The summed E-state index contributed by atoms with van der Waals surface area (Å²) in [6.45, 7) is 11.0. The fraction of sp³-hybridized carbons (Fsp3) is 0.875. The van der Waals surface area contributed by atoms with Gasteiger partial charge in [-0.3, -0.25) is 4.99 Å². The van der Waals surface area contributed by atoms with Crippen LogP contribution in [0.5, 0.6) is 0 Å². The molecule has 0 aliphatic carbocycles. The number of hydrogen-bond donors (Lipinski definition) is 0. The topological polar surface area (TPSA) is 12.4 Å². The van der Waals surface area contributed by atoms with Crippen molar-refractivity contribution in [1.29, 1.82) is 0 Å². The molecule has 10 heavy (non-hydrogen) atoms. The van der Waals surface area contributed by atoms with Crippen LogP contribution in [-0.2, 0) is 0 Å². The Balaban J connectivity index is 2.92. The highest BCUT2D eigenvalue weighted by Crippen LogP contribution is 2.44. The molecule has 0 spiro atoms. The summed E-state index contributed by atoms with van der Waals surface area (Å²) in [4.78, 5) is 4.55. The predicted octanol–water partition coefficient (Wildman–Crippen LogP) is 2.71. The quantitative estimate of drug-likeness (QED) is 0.526. The molecule has 0 saturated heterocycles. The molecule has 2 heteroatoms. The molecule has 0 atom stereocenters. The van der Waals surface area contributed by atoms with Crippen molar-refractivity contribution < 1.29 is 0 Å². The minimum Gasteiger partial charge on any atom is -0.276 e. The second kappa shape index (κ2) is 2.00. The summed E-state index contributed by atoms with van der Waals surface area (Å²) in [7, 11) is 0. The van der Waals surface area contributed by atoms with Crippen LogP contribution < -0.4 is 0 Å². The number of hydrogen-bond acceptors (Lipinski definition) is 2. The van der Waals surface area contributed by atoms with E-state index in [-0.39, 0.29) is 10.3 Å². The Bertz CT molecular complexity index is 180. The van der Waals surface area contributed by atoms with Gasteiger partial charge in [-0.2, -0.15) is 0 Å². The van der Waals surface area contributed by atoms with Crippen molar-refractivity contribution in [3.8, 4) is 0 Å². The average Bonchev–Trinajstić information content (AvgIpc) is 1.73. The molecule has 0 aromatic heterocycles. The van der Waals surface area contributed by atoms with Gasteiger partial charge in [-0.15, -0.1) is 11.8 Å². The van der Waals surface area contributed by atoms with Gasteiger partial charge in [0.15, 0.2) is 0 Å². The highest BCUT2D eigenvalue weighted by molar-refractivity contribution is 8.15. The lowest BCUT2D eigenvalue weighted by molar-refractivity contribution is 0.426. The maximum atomic E-state index is 4.55. The molecule has 0 aromatic carbocycles. The van der Waals surface area contributed by atoms with Crippen molar-refractivity contribution in [3.63, 3.8) is 0 Å². The lowest BCUT2D eigenvalue weighted by Crippen LogP contribution is -2.36. The Hall–Kier alpha value is 0.0200. The average molecular weight is 157 g/mol. The zero-order valence-electron chi connectivity index (χ0n) is 7.36. The first-order valence-electron chi connectivity index (χ1n) is 3.61. The first-order chi connectivity index (χ1) is 4.35. The van der Waals surface area contributed by atoms with Crippen molar-refractivity contribution in [2.75, 3.05) is 0 Å². The first kappa shape index (κ1) is 8.12. The molecule has 58 valence electrons. The van der Waals surface area contributed by atoms with Gasteiger partial charge in [-0.05, 0) is 34.6 Å². The molecule has 0 saturated carbocycles. The van der Waals surface area contributed by atoms with Crippen LogP contribution in [0.4, 0.5) is 0 Å². The molecule has 1 rings (SSSR count). The highest BCUT2D eigenvalue weighted by Gasteiger charge is 2.42. The summed E-state index contributed by atoms with van der Waals surface area (Å²) in [5.41, 5.74) is 0.113. The third-order valence-electron chi connectivity index (χ3n) is 2.31. The molecular weight excluding hydrogens is 142 g/mol. The molecule has 1 aliphatic heterocycles. The van der Waals surface area contributed by atoms with Crippen LogP contribution in [0.1, 0.15) is 34.6 Å². The normalized spacial score (nSPS) is 28.3. The van der Waals surface area contributed by atoms with Gasteiger partial charge in [-0.25, -0.2) is 0 Å². The Morgan fingerprint density at radius 3 is 1.80 bits per heavy atom. The first-order valence-corrected chi connectivity index (χ1v) is 4.42. The van der Waals surface area contributed by atoms with Crippen molar-refractivity contribution in [1.82, 2.24) is 0 Å². The summed E-state index contributed by atoms with van der Waals surface area (Å²) in [5.74, 6) is 0. The van der Waals surface area contributed by atoms with Gasteiger partial charge in [0, 0.05) is 4.75 Å². The zero-order chi connectivity index (χ0) is 7.99. The third-order valence-corrected chi connectivity index (χ3v) is 3.71. The van der Waals surface area contributed by atoms with Crippen molar-refractivity contribution in [2.45, 2.75) is 44.9 Å². The van der Waals surface area contributed by atoms with Crippen LogP contribution in [0.3, 0.4) is 0 Å². The highest BCUT2D eigenvalue weighted by atomic mass is 32.2. The molecule has 1 heterocycles. The molecule has 0 amide bonds. The van der Waals surface area contributed by atoms with E-state index in [0.29, 0.717) is 0 Å². The largest absolute Gasteiger partial charge is 0.276 e. The summed E-state index contributed by atoms with van der Waals surface area (Å²) < 4.78 is 0.275. The van der Waals surface area contributed by atoms with E-state index < -0.39 is 0 Å². The van der Waals surface area contributed by atoms with E-state index in [4.69, 9.17) is 0 Å². The summed E-state index contributed by atoms with van der Waals surface area (Å²) in [6, 6.07) is 0. The molecule has 0 aromatic rings. The summed E-state index contributed by atoms with van der Waals surface area (Å²) >= 11 is 1.88. The minimum absolute atomic E-state index is 0.113. The number of nitrogens with zero attached hydrogens (tertiary/aromatic N) is 1. The van der Waals surface area contributed by atoms with E-state index >= 15 is 0 Å².